The molecule has 1 heterocycles. The number of morpholine rings is 1. The Morgan fingerprint density at radius 3 is 2.68 bits per heavy atom. The molecule has 0 bridgehead atoms. The van der Waals surface area contributed by atoms with Crippen LogP contribution in [0, 0.1) is 0 Å². The predicted molar refractivity (Wildman–Crippen MR) is 74.6 cm³/mol. The monoisotopic (exact) mass is 305 g/mol. The van der Waals surface area contributed by atoms with Crippen molar-refractivity contribution in [1.29, 1.82) is 0 Å². The van der Waals surface area contributed by atoms with Gasteiger partial charge in [0.15, 0.2) is 0 Å². The van der Waals surface area contributed by atoms with Crippen LogP contribution < -0.4 is 0 Å². The van der Waals surface area contributed by atoms with Crippen molar-refractivity contribution in [2.45, 2.75) is 18.7 Å². The van der Waals surface area contributed by atoms with Crippen LogP contribution in [-0.4, -0.2) is 53.6 Å². The van der Waals surface area contributed by atoms with Crippen molar-refractivity contribution in [3.05, 3.63) is 33.8 Å². The molecule has 0 spiro atoms. The van der Waals surface area contributed by atoms with Crippen molar-refractivity contribution in [2.75, 3.05) is 26.4 Å². The van der Waals surface area contributed by atoms with Gasteiger partial charge in [-0.2, -0.15) is 0 Å². The molecule has 106 valence electrons. The Balaban J connectivity index is 2.15. The van der Waals surface area contributed by atoms with Crippen LogP contribution in [0.2, 0.25) is 10.0 Å². The van der Waals surface area contributed by atoms with E-state index in [-0.39, 0.29) is 12.6 Å². The first-order valence-electron chi connectivity index (χ1n) is 6.17. The lowest BCUT2D eigenvalue weighted by atomic mass is 10.1. The highest BCUT2D eigenvalue weighted by Crippen LogP contribution is 2.27. The fourth-order valence-corrected chi connectivity index (χ4v) is 2.73. The van der Waals surface area contributed by atoms with Gasteiger partial charge in [-0.3, -0.25) is 4.90 Å². The van der Waals surface area contributed by atoms with Gasteiger partial charge >= 0.3 is 0 Å². The first-order chi connectivity index (χ1) is 9.13. The summed E-state index contributed by atoms with van der Waals surface area (Å²) in [6, 6.07) is 5.14. The molecule has 4 nitrogen and oxygen atoms in total. The number of benzene rings is 1. The van der Waals surface area contributed by atoms with Crippen LogP contribution in [0.3, 0.4) is 0 Å². The number of nitrogens with zero attached hydrogens (tertiary/aromatic N) is 1. The van der Waals surface area contributed by atoms with E-state index in [4.69, 9.17) is 33.0 Å². The Labute approximate surface area is 122 Å². The van der Waals surface area contributed by atoms with Gasteiger partial charge in [-0.15, -0.1) is 0 Å². The molecule has 1 aliphatic heterocycles. The standard InChI is InChI=1S/C13H17Cl2NO3/c14-10-2-1-3-11(15)9(10)6-16-4-5-19-8-12(16)13(18)7-17/h1-3,12-13,17-18H,4-8H2/t12-,13+/m1/s1. The molecular formula is C13H17Cl2NO3. The van der Waals surface area contributed by atoms with Crippen LogP contribution >= 0.6 is 23.2 Å². The van der Waals surface area contributed by atoms with E-state index in [2.05, 4.69) is 0 Å². The molecule has 0 saturated carbocycles. The van der Waals surface area contributed by atoms with Crippen molar-refractivity contribution in [3.63, 3.8) is 0 Å². The molecule has 0 aliphatic carbocycles. The topological polar surface area (TPSA) is 52.9 Å². The summed E-state index contributed by atoms with van der Waals surface area (Å²) in [7, 11) is 0. The second kappa shape index (κ2) is 6.88. The molecule has 19 heavy (non-hydrogen) atoms. The van der Waals surface area contributed by atoms with E-state index in [1.54, 1.807) is 18.2 Å². The van der Waals surface area contributed by atoms with E-state index >= 15 is 0 Å². The van der Waals surface area contributed by atoms with Crippen LogP contribution in [0.15, 0.2) is 18.2 Å². The van der Waals surface area contributed by atoms with Crippen LogP contribution in [0.4, 0.5) is 0 Å². The van der Waals surface area contributed by atoms with Gasteiger partial charge in [-0.05, 0) is 12.1 Å². The zero-order valence-electron chi connectivity index (χ0n) is 10.4. The Morgan fingerprint density at radius 1 is 1.37 bits per heavy atom. The van der Waals surface area contributed by atoms with Gasteiger partial charge < -0.3 is 14.9 Å². The van der Waals surface area contributed by atoms with Gasteiger partial charge in [0.05, 0.1) is 32.0 Å². The number of aliphatic hydroxyl groups is 2. The lowest BCUT2D eigenvalue weighted by molar-refractivity contribution is -0.0749. The molecule has 0 radical (unpaired) electrons. The third-order valence-electron chi connectivity index (χ3n) is 3.33. The minimum absolute atomic E-state index is 0.244. The van der Waals surface area contributed by atoms with Gasteiger partial charge in [0, 0.05) is 28.7 Å². The van der Waals surface area contributed by atoms with E-state index in [0.29, 0.717) is 36.3 Å². The van der Waals surface area contributed by atoms with Crippen molar-refractivity contribution < 1.29 is 14.9 Å². The summed E-state index contributed by atoms with van der Waals surface area (Å²) >= 11 is 12.3. The van der Waals surface area contributed by atoms with Gasteiger partial charge in [0.25, 0.3) is 0 Å². The molecule has 1 saturated heterocycles. The lowest BCUT2D eigenvalue weighted by Crippen LogP contribution is -2.52. The van der Waals surface area contributed by atoms with Crippen molar-refractivity contribution in [1.82, 2.24) is 4.90 Å². The zero-order valence-corrected chi connectivity index (χ0v) is 11.9. The summed E-state index contributed by atoms with van der Waals surface area (Å²) in [5.74, 6) is 0. The largest absolute Gasteiger partial charge is 0.394 e. The highest BCUT2D eigenvalue weighted by atomic mass is 35.5. The molecule has 0 unspecified atom stereocenters. The quantitative estimate of drug-likeness (QED) is 0.886. The number of hydrogen-bond acceptors (Lipinski definition) is 4. The minimum atomic E-state index is -0.832. The van der Waals surface area contributed by atoms with Gasteiger partial charge in [0.1, 0.15) is 0 Å². The molecule has 1 aromatic carbocycles. The van der Waals surface area contributed by atoms with Crippen molar-refractivity contribution in [3.8, 4) is 0 Å². The summed E-state index contributed by atoms with van der Waals surface area (Å²) < 4.78 is 5.35. The normalized spacial score (nSPS) is 22.4. The SMILES string of the molecule is OC[C@H](O)[C@H]1COCCN1Cc1c(Cl)cccc1Cl. The molecule has 2 rings (SSSR count). The van der Waals surface area contributed by atoms with Crippen LogP contribution in [0.1, 0.15) is 5.56 Å². The second-order valence-electron chi connectivity index (χ2n) is 4.56. The summed E-state index contributed by atoms with van der Waals surface area (Å²) in [5, 5.41) is 20.1. The maximum Gasteiger partial charge on any atom is 0.0948 e. The number of rotatable bonds is 4. The fourth-order valence-electron chi connectivity index (χ4n) is 2.22. The molecule has 1 aliphatic rings. The molecule has 2 atom stereocenters. The maximum atomic E-state index is 9.83. The Hall–Kier alpha value is -0.360. The smallest absolute Gasteiger partial charge is 0.0948 e. The van der Waals surface area contributed by atoms with Crippen LogP contribution in [-0.2, 0) is 11.3 Å². The molecule has 0 amide bonds. The average Bonchev–Trinajstić information content (AvgIpc) is 2.42. The van der Waals surface area contributed by atoms with Crippen LogP contribution in [0.5, 0.6) is 0 Å². The molecule has 1 aromatic rings. The fraction of sp³-hybridized carbons (Fsp3) is 0.538. The lowest BCUT2D eigenvalue weighted by Gasteiger charge is -2.38. The highest BCUT2D eigenvalue weighted by molar-refractivity contribution is 6.35. The maximum absolute atomic E-state index is 9.83. The van der Waals surface area contributed by atoms with E-state index in [1.165, 1.54) is 0 Å². The second-order valence-corrected chi connectivity index (χ2v) is 5.38. The van der Waals surface area contributed by atoms with E-state index in [9.17, 15) is 5.11 Å². The number of halogens is 2. The summed E-state index contributed by atoms with van der Waals surface area (Å²) in [4.78, 5) is 2.04. The molecule has 1 fully saturated rings. The van der Waals surface area contributed by atoms with Gasteiger partial charge in [-0.25, -0.2) is 0 Å². The van der Waals surface area contributed by atoms with E-state index in [0.717, 1.165) is 5.56 Å². The first-order valence-corrected chi connectivity index (χ1v) is 6.92. The number of aliphatic hydroxyl groups excluding tert-OH is 2. The molecule has 0 aromatic heterocycles. The van der Waals surface area contributed by atoms with Crippen LogP contribution in [0.25, 0.3) is 0 Å². The summed E-state index contributed by atoms with van der Waals surface area (Å²) in [5.41, 5.74) is 0.836. The van der Waals surface area contributed by atoms with Crippen molar-refractivity contribution >= 4 is 23.2 Å². The summed E-state index contributed by atoms with van der Waals surface area (Å²) in [6.45, 7) is 1.90. The molecule has 6 heteroatoms. The average molecular weight is 306 g/mol. The van der Waals surface area contributed by atoms with Crippen molar-refractivity contribution in [2.24, 2.45) is 0 Å². The first kappa shape index (κ1) is 15.0. The Morgan fingerprint density at radius 2 is 2.05 bits per heavy atom. The molecular weight excluding hydrogens is 289 g/mol. The summed E-state index contributed by atoms with van der Waals surface area (Å²) in [6.07, 6.45) is -0.832. The third-order valence-corrected chi connectivity index (χ3v) is 4.04. The Bertz CT molecular complexity index is 410. The minimum Gasteiger partial charge on any atom is -0.394 e. The van der Waals surface area contributed by atoms with Gasteiger partial charge in [0.2, 0.25) is 0 Å². The van der Waals surface area contributed by atoms with E-state index in [1.807, 2.05) is 4.90 Å². The number of hydrogen-bond donors (Lipinski definition) is 2. The number of ether oxygens (including phenoxy) is 1. The zero-order chi connectivity index (χ0) is 13.8. The Kier molecular flexibility index (Phi) is 5.45. The highest BCUT2D eigenvalue weighted by Gasteiger charge is 2.29. The molecule has 2 N–H and O–H groups in total. The third kappa shape index (κ3) is 3.60. The predicted octanol–water partition coefficient (Wildman–Crippen LogP) is 1.55. The van der Waals surface area contributed by atoms with Gasteiger partial charge in [-0.1, -0.05) is 29.3 Å². The van der Waals surface area contributed by atoms with E-state index < -0.39 is 6.10 Å².